The predicted molar refractivity (Wildman–Crippen MR) is 307 cm³/mol. The summed E-state index contributed by atoms with van der Waals surface area (Å²) in [6.45, 7) is 18.2. The minimum absolute atomic E-state index is 0.00308. The maximum Gasteiger partial charge on any atom is 0.180 e. The second-order valence-corrected chi connectivity index (χ2v) is 21.0. The molecule has 0 saturated heterocycles. The molecule has 0 bridgehead atoms. The first kappa shape index (κ1) is 70.2. The molecule has 0 heterocycles. The molecule has 0 aliphatic heterocycles. The topological polar surface area (TPSA) is 64.6 Å². The van der Waals surface area contributed by atoms with E-state index in [9.17, 15) is 0 Å². The van der Waals surface area contributed by atoms with Gasteiger partial charge < -0.3 is 33.2 Å². The quantitative estimate of drug-likeness (QED) is 0.0342. The molecule has 0 amide bonds. The first-order valence-electron chi connectivity index (χ1n) is 31.8. The summed E-state index contributed by atoms with van der Waals surface area (Å²) in [5.74, 6) is 0. The highest BCUT2D eigenvalue weighted by Crippen LogP contribution is 2.18. The van der Waals surface area contributed by atoms with Crippen LogP contribution in [0.25, 0.3) is 0 Å². The Balaban J connectivity index is 4.30. The fourth-order valence-corrected chi connectivity index (χ4v) is 9.03. The van der Waals surface area contributed by atoms with E-state index >= 15 is 0 Å². The Morgan fingerprint density at radius 3 is 0.775 bits per heavy atom. The standard InChI is InChI=1S/C64H126O7/c1-7-13-17-39-47-57-67-61(68-58-48-40-18-14-8-2)51-43-35-31-27-23-21-25-29-33-37-45-53-63(65-55-11-5)71-64(66-56-12-6)54-46-38-34-30-26-22-24-28-32-36-44-52-62(69-59-49-41-19-15-9-3)70-60-50-42-20-16-10-4/h45-46,53-54,61-64H,7-44,47-52,55-60H2,1-6H3. The van der Waals surface area contributed by atoms with Crippen molar-refractivity contribution < 1.29 is 33.2 Å². The van der Waals surface area contributed by atoms with E-state index in [1.807, 2.05) is 0 Å². The van der Waals surface area contributed by atoms with E-state index in [0.717, 1.165) is 90.6 Å². The molecular formula is C64H126O7. The Morgan fingerprint density at radius 2 is 0.493 bits per heavy atom. The fraction of sp³-hybridized carbons (Fsp3) is 0.938. The molecule has 0 saturated carbocycles. The van der Waals surface area contributed by atoms with Crippen molar-refractivity contribution in [1.29, 1.82) is 0 Å². The molecule has 7 nitrogen and oxygen atoms in total. The van der Waals surface area contributed by atoms with Crippen LogP contribution in [0.3, 0.4) is 0 Å². The second kappa shape index (κ2) is 61.7. The zero-order chi connectivity index (χ0) is 51.4. The van der Waals surface area contributed by atoms with Crippen LogP contribution in [-0.2, 0) is 33.2 Å². The first-order valence-corrected chi connectivity index (χ1v) is 31.8. The molecule has 0 spiro atoms. The van der Waals surface area contributed by atoms with Gasteiger partial charge in [-0.1, -0.05) is 246 Å². The van der Waals surface area contributed by atoms with Gasteiger partial charge in [-0.3, -0.25) is 0 Å². The van der Waals surface area contributed by atoms with Crippen LogP contribution in [-0.4, -0.2) is 64.8 Å². The van der Waals surface area contributed by atoms with Crippen LogP contribution in [0.15, 0.2) is 24.3 Å². The lowest BCUT2D eigenvalue weighted by molar-refractivity contribution is -0.207. The molecule has 0 aromatic rings. The maximum atomic E-state index is 6.37. The molecule has 71 heavy (non-hydrogen) atoms. The number of hydrogen-bond donors (Lipinski definition) is 0. The van der Waals surface area contributed by atoms with Crippen molar-refractivity contribution in [2.24, 2.45) is 0 Å². The van der Waals surface area contributed by atoms with Gasteiger partial charge in [-0.05, 0) is 102 Å². The molecule has 2 atom stereocenters. The highest BCUT2D eigenvalue weighted by molar-refractivity contribution is 4.90. The fourth-order valence-electron chi connectivity index (χ4n) is 9.03. The van der Waals surface area contributed by atoms with Crippen molar-refractivity contribution >= 4 is 0 Å². The number of allylic oxidation sites excluding steroid dienone is 2. The Kier molecular flexibility index (Phi) is 61.0. The van der Waals surface area contributed by atoms with Crippen LogP contribution >= 0.6 is 0 Å². The van der Waals surface area contributed by atoms with Gasteiger partial charge in [-0.2, -0.15) is 0 Å². The van der Waals surface area contributed by atoms with Gasteiger partial charge in [0.05, 0.1) is 0 Å². The van der Waals surface area contributed by atoms with Crippen molar-refractivity contribution in [2.75, 3.05) is 39.6 Å². The van der Waals surface area contributed by atoms with Crippen LogP contribution in [0.5, 0.6) is 0 Å². The number of rotatable bonds is 62. The van der Waals surface area contributed by atoms with Crippen molar-refractivity contribution in [3.05, 3.63) is 24.3 Å². The zero-order valence-electron chi connectivity index (χ0n) is 48.8. The van der Waals surface area contributed by atoms with E-state index in [1.54, 1.807) is 0 Å². The summed E-state index contributed by atoms with van der Waals surface area (Å²) in [7, 11) is 0. The summed E-state index contributed by atoms with van der Waals surface area (Å²) in [6, 6.07) is 0. The summed E-state index contributed by atoms with van der Waals surface area (Å²) < 4.78 is 43.5. The maximum absolute atomic E-state index is 6.37. The molecule has 2 unspecified atom stereocenters. The monoisotopic (exact) mass is 1010 g/mol. The van der Waals surface area contributed by atoms with Gasteiger partial charge in [0.2, 0.25) is 0 Å². The normalized spacial score (nSPS) is 13.1. The van der Waals surface area contributed by atoms with Crippen LogP contribution in [0, 0.1) is 0 Å². The summed E-state index contributed by atoms with van der Waals surface area (Å²) in [6.07, 6.45) is 63.2. The van der Waals surface area contributed by atoms with E-state index in [2.05, 4.69) is 65.8 Å². The van der Waals surface area contributed by atoms with E-state index in [1.165, 1.54) is 218 Å². The van der Waals surface area contributed by atoms with Gasteiger partial charge in [0.1, 0.15) is 0 Å². The molecule has 0 aliphatic carbocycles. The molecule has 0 N–H and O–H groups in total. The van der Waals surface area contributed by atoms with Crippen LogP contribution < -0.4 is 0 Å². The van der Waals surface area contributed by atoms with Gasteiger partial charge in [-0.15, -0.1) is 0 Å². The zero-order valence-corrected chi connectivity index (χ0v) is 48.8. The minimum Gasteiger partial charge on any atom is -0.353 e. The van der Waals surface area contributed by atoms with Gasteiger partial charge in [0.15, 0.2) is 25.2 Å². The molecule has 0 aromatic carbocycles. The van der Waals surface area contributed by atoms with Gasteiger partial charge >= 0.3 is 0 Å². The molecule has 0 fully saturated rings. The highest BCUT2D eigenvalue weighted by Gasteiger charge is 2.14. The van der Waals surface area contributed by atoms with Gasteiger partial charge in [0, 0.05) is 39.6 Å². The molecular weight excluding hydrogens is 881 g/mol. The molecule has 7 heteroatoms. The van der Waals surface area contributed by atoms with Crippen LogP contribution in [0.2, 0.25) is 0 Å². The van der Waals surface area contributed by atoms with Crippen LogP contribution in [0.4, 0.5) is 0 Å². The molecule has 0 radical (unpaired) electrons. The predicted octanol–water partition coefficient (Wildman–Crippen LogP) is 20.8. The number of unbranched alkanes of at least 4 members (excludes halogenated alkanes) is 34. The SMILES string of the molecule is CCCCCCCOC(CCCCCCCCCCCC=CC(OCCC)OC(C=CCCCCCCCCCCCC(OCCCCCCC)OCCCCCCC)OCCC)OCCCCCCC. The Labute approximate surface area is 444 Å². The summed E-state index contributed by atoms with van der Waals surface area (Å²) in [4.78, 5) is 0. The summed E-state index contributed by atoms with van der Waals surface area (Å²) >= 11 is 0. The number of ether oxygens (including phenoxy) is 7. The van der Waals surface area contributed by atoms with Gasteiger partial charge in [-0.25, -0.2) is 0 Å². The molecule has 0 rings (SSSR count). The summed E-state index contributed by atoms with van der Waals surface area (Å²) in [5.41, 5.74) is 0. The average molecular weight is 1010 g/mol. The van der Waals surface area contributed by atoms with E-state index < -0.39 is 0 Å². The third-order valence-electron chi connectivity index (χ3n) is 13.7. The largest absolute Gasteiger partial charge is 0.353 e. The second-order valence-electron chi connectivity index (χ2n) is 21.0. The Hall–Kier alpha value is -0.800. The average Bonchev–Trinajstić information content (AvgIpc) is 3.38. The van der Waals surface area contributed by atoms with Gasteiger partial charge in [0.25, 0.3) is 0 Å². The lowest BCUT2D eigenvalue weighted by atomic mass is 10.1. The molecule has 0 aliphatic rings. The molecule has 0 aromatic heterocycles. The van der Waals surface area contributed by atoms with E-state index in [4.69, 9.17) is 33.2 Å². The lowest BCUT2D eigenvalue weighted by Crippen LogP contribution is -2.25. The third kappa shape index (κ3) is 55.3. The van der Waals surface area contributed by atoms with E-state index in [0.29, 0.717) is 13.2 Å². The van der Waals surface area contributed by atoms with Crippen molar-refractivity contribution in [3.63, 3.8) is 0 Å². The molecule has 424 valence electrons. The highest BCUT2D eigenvalue weighted by atomic mass is 16.8. The smallest absolute Gasteiger partial charge is 0.180 e. The lowest BCUT2D eigenvalue weighted by Gasteiger charge is -2.21. The number of hydrogen-bond acceptors (Lipinski definition) is 7. The van der Waals surface area contributed by atoms with E-state index in [-0.39, 0.29) is 25.2 Å². The van der Waals surface area contributed by atoms with Crippen molar-refractivity contribution in [3.8, 4) is 0 Å². The third-order valence-corrected chi connectivity index (χ3v) is 13.7. The van der Waals surface area contributed by atoms with Crippen LogP contribution in [0.1, 0.15) is 324 Å². The van der Waals surface area contributed by atoms with Crippen molar-refractivity contribution in [1.82, 2.24) is 0 Å². The minimum atomic E-state index is -0.376. The Morgan fingerprint density at radius 1 is 0.239 bits per heavy atom. The first-order chi connectivity index (χ1) is 35.1. The van der Waals surface area contributed by atoms with Crippen molar-refractivity contribution in [2.45, 2.75) is 349 Å². The Bertz CT molecular complexity index is 911. The summed E-state index contributed by atoms with van der Waals surface area (Å²) in [5, 5.41) is 0.